The maximum Gasteiger partial charge on any atom is 0.234 e. The number of hydrogen-bond acceptors (Lipinski definition) is 2. The van der Waals surface area contributed by atoms with Crippen molar-refractivity contribution in [2.24, 2.45) is 0 Å². The molecular formula is C13H20N2O. The molecule has 1 amide bonds. The van der Waals surface area contributed by atoms with Crippen LogP contribution in [-0.4, -0.2) is 19.0 Å². The summed E-state index contributed by atoms with van der Waals surface area (Å²) in [6.07, 6.45) is 1.04. The summed E-state index contributed by atoms with van der Waals surface area (Å²) in [5.74, 6) is 0.0461. The van der Waals surface area contributed by atoms with E-state index in [1.54, 1.807) is 0 Å². The zero-order chi connectivity index (χ0) is 11.8. The molecule has 1 atom stereocenters. The average molecular weight is 220 g/mol. The van der Waals surface area contributed by atoms with Crippen LogP contribution < -0.4 is 10.6 Å². The minimum atomic E-state index is 0.0461. The van der Waals surface area contributed by atoms with Crippen molar-refractivity contribution in [2.75, 3.05) is 13.1 Å². The van der Waals surface area contributed by atoms with Gasteiger partial charge in [-0.25, -0.2) is 0 Å². The standard InChI is InChI=1S/C13H20N2O/c1-3-9-14-10-13(16)15-11(2)12-7-5-4-6-8-12/h4-8,11,14H,3,9-10H2,1-2H3,(H,15,16). The Morgan fingerprint density at radius 3 is 2.62 bits per heavy atom. The van der Waals surface area contributed by atoms with Crippen molar-refractivity contribution in [3.8, 4) is 0 Å². The van der Waals surface area contributed by atoms with Gasteiger partial charge in [-0.3, -0.25) is 4.79 Å². The van der Waals surface area contributed by atoms with Gasteiger partial charge in [-0.05, 0) is 25.5 Å². The maximum absolute atomic E-state index is 11.5. The van der Waals surface area contributed by atoms with Crippen LogP contribution in [0.3, 0.4) is 0 Å². The van der Waals surface area contributed by atoms with Gasteiger partial charge in [0.15, 0.2) is 0 Å². The van der Waals surface area contributed by atoms with Crippen LogP contribution in [0.5, 0.6) is 0 Å². The van der Waals surface area contributed by atoms with E-state index >= 15 is 0 Å². The van der Waals surface area contributed by atoms with Crippen molar-refractivity contribution in [3.63, 3.8) is 0 Å². The number of carbonyl (C=O) groups is 1. The molecule has 2 N–H and O–H groups in total. The molecule has 3 heteroatoms. The third-order valence-electron chi connectivity index (χ3n) is 2.39. The Labute approximate surface area is 97.2 Å². The highest BCUT2D eigenvalue weighted by atomic mass is 16.1. The van der Waals surface area contributed by atoms with E-state index in [1.807, 2.05) is 37.3 Å². The van der Waals surface area contributed by atoms with Gasteiger partial charge in [0.2, 0.25) is 5.91 Å². The van der Waals surface area contributed by atoms with Gasteiger partial charge in [0, 0.05) is 0 Å². The van der Waals surface area contributed by atoms with Crippen LogP contribution in [-0.2, 0) is 4.79 Å². The molecule has 0 saturated heterocycles. The van der Waals surface area contributed by atoms with Crippen LogP contribution in [0.2, 0.25) is 0 Å². The molecule has 0 aliphatic carbocycles. The van der Waals surface area contributed by atoms with Crippen LogP contribution in [0.25, 0.3) is 0 Å². The van der Waals surface area contributed by atoms with Gasteiger partial charge in [-0.2, -0.15) is 0 Å². The van der Waals surface area contributed by atoms with Gasteiger partial charge < -0.3 is 10.6 Å². The molecule has 0 aliphatic rings. The van der Waals surface area contributed by atoms with Crippen LogP contribution in [0.15, 0.2) is 30.3 Å². The Morgan fingerprint density at radius 1 is 1.31 bits per heavy atom. The number of rotatable bonds is 6. The lowest BCUT2D eigenvalue weighted by atomic mass is 10.1. The first kappa shape index (κ1) is 12.7. The molecule has 0 aliphatic heterocycles. The summed E-state index contributed by atoms with van der Waals surface area (Å²) in [6, 6.07) is 10.0. The van der Waals surface area contributed by atoms with E-state index in [4.69, 9.17) is 0 Å². The molecule has 1 aromatic rings. The SMILES string of the molecule is CCCNCC(=O)NC(C)c1ccccc1. The summed E-state index contributed by atoms with van der Waals surface area (Å²) in [4.78, 5) is 11.5. The lowest BCUT2D eigenvalue weighted by molar-refractivity contribution is -0.120. The Morgan fingerprint density at radius 2 is 2.00 bits per heavy atom. The molecule has 88 valence electrons. The van der Waals surface area contributed by atoms with Gasteiger partial charge in [0.1, 0.15) is 0 Å². The lowest BCUT2D eigenvalue weighted by Gasteiger charge is -2.14. The molecule has 0 spiro atoms. The normalized spacial score (nSPS) is 12.1. The van der Waals surface area contributed by atoms with E-state index in [1.165, 1.54) is 0 Å². The molecule has 0 saturated carbocycles. The highest BCUT2D eigenvalue weighted by Gasteiger charge is 2.07. The zero-order valence-electron chi connectivity index (χ0n) is 9.99. The topological polar surface area (TPSA) is 41.1 Å². The molecule has 0 aromatic heterocycles. The predicted molar refractivity (Wildman–Crippen MR) is 66.2 cm³/mol. The minimum Gasteiger partial charge on any atom is -0.348 e. The minimum absolute atomic E-state index is 0.0461. The third-order valence-corrected chi connectivity index (χ3v) is 2.39. The second-order valence-electron chi connectivity index (χ2n) is 3.88. The second kappa shape index (κ2) is 7.01. The largest absolute Gasteiger partial charge is 0.348 e. The van der Waals surface area contributed by atoms with Gasteiger partial charge in [0.05, 0.1) is 12.6 Å². The smallest absolute Gasteiger partial charge is 0.234 e. The quantitative estimate of drug-likeness (QED) is 0.718. The molecule has 16 heavy (non-hydrogen) atoms. The van der Waals surface area contributed by atoms with Crippen molar-refractivity contribution in [2.45, 2.75) is 26.3 Å². The number of hydrogen-bond donors (Lipinski definition) is 2. The summed E-state index contributed by atoms with van der Waals surface area (Å²) in [5, 5.41) is 6.03. The molecule has 0 fully saturated rings. The van der Waals surface area contributed by atoms with Crippen molar-refractivity contribution in [1.82, 2.24) is 10.6 Å². The first-order valence-electron chi connectivity index (χ1n) is 5.79. The first-order chi connectivity index (χ1) is 7.74. The average Bonchev–Trinajstić information content (AvgIpc) is 2.30. The summed E-state index contributed by atoms with van der Waals surface area (Å²) >= 11 is 0. The fourth-order valence-corrected chi connectivity index (χ4v) is 1.50. The molecule has 0 radical (unpaired) electrons. The van der Waals surface area contributed by atoms with Gasteiger partial charge in [-0.15, -0.1) is 0 Å². The Kier molecular flexibility index (Phi) is 5.57. The van der Waals surface area contributed by atoms with Crippen LogP contribution in [0.4, 0.5) is 0 Å². The number of amides is 1. The van der Waals surface area contributed by atoms with E-state index in [0.717, 1.165) is 18.5 Å². The summed E-state index contributed by atoms with van der Waals surface area (Å²) in [7, 11) is 0. The van der Waals surface area contributed by atoms with Crippen molar-refractivity contribution in [3.05, 3.63) is 35.9 Å². The maximum atomic E-state index is 11.5. The summed E-state index contributed by atoms with van der Waals surface area (Å²) in [6.45, 7) is 5.35. The number of carbonyl (C=O) groups excluding carboxylic acids is 1. The molecule has 1 rings (SSSR count). The molecule has 3 nitrogen and oxygen atoms in total. The van der Waals surface area contributed by atoms with Crippen molar-refractivity contribution in [1.29, 1.82) is 0 Å². The van der Waals surface area contributed by atoms with Crippen LogP contribution in [0.1, 0.15) is 31.9 Å². The number of nitrogens with one attached hydrogen (secondary N) is 2. The Balaban J connectivity index is 2.34. The van der Waals surface area contributed by atoms with Gasteiger partial charge >= 0.3 is 0 Å². The number of benzene rings is 1. The molecule has 1 aromatic carbocycles. The summed E-state index contributed by atoms with van der Waals surface area (Å²) < 4.78 is 0. The van der Waals surface area contributed by atoms with E-state index in [2.05, 4.69) is 17.6 Å². The van der Waals surface area contributed by atoms with Gasteiger partial charge in [-0.1, -0.05) is 37.3 Å². The third kappa shape index (κ3) is 4.45. The highest BCUT2D eigenvalue weighted by molar-refractivity contribution is 5.78. The fourth-order valence-electron chi connectivity index (χ4n) is 1.50. The second-order valence-corrected chi connectivity index (χ2v) is 3.88. The fraction of sp³-hybridized carbons (Fsp3) is 0.462. The van der Waals surface area contributed by atoms with Crippen LogP contribution in [0, 0.1) is 0 Å². The Hall–Kier alpha value is -1.35. The highest BCUT2D eigenvalue weighted by Crippen LogP contribution is 2.10. The molecule has 1 unspecified atom stereocenters. The van der Waals surface area contributed by atoms with Gasteiger partial charge in [0.25, 0.3) is 0 Å². The van der Waals surface area contributed by atoms with E-state index in [9.17, 15) is 4.79 Å². The van der Waals surface area contributed by atoms with Crippen molar-refractivity contribution >= 4 is 5.91 Å². The van der Waals surface area contributed by atoms with E-state index < -0.39 is 0 Å². The summed E-state index contributed by atoms with van der Waals surface area (Å²) in [5.41, 5.74) is 1.13. The molecular weight excluding hydrogens is 200 g/mol. The first-order valence-corrected chi connectivity index (χ1v) is 5.79. The predicted octanol–water partition coefficient (Wildman–Crippen LogP) is 1.86. The Bertz CT molecular complexity index is 311. The lowest BCUT2D eigenvalue weighted by Crippen LogP contribution is -2.35. The van der Waals surface area contributed by atoms with E-state index in [0.29, 0.717) is 6.54 Å². The van der Waals surface area contributed by atoms with Crippen LogP contribution >= 0.6 is 0 Å². The van der Waals surface area contributed by atoms with E-state index in [-0.39, 0.29) is 11.9 Å². The van der Waals surface area contributed by atoms with Crippen molar-refractivity contribution < 1.29 is 4.79 Å². The zero-order valence-corrected chi connectivity index (χ0v) is 9.99. The molecule has 0 bridgehead atoms. The monoisotopic (exact) mass is 220 g/mol. The molecule has 0 heterocycles.